The first kappa shape index (κ1) is 83.6. The van der Waals surface area contributed by atoms with E-state index in [0.29, 0.717) is 16.7 Å². The Hall–Kier alpha value is -10.4. The van der Waals surface area contributed by atoms with E-state index in [0.717, 1.165) is 94.0 Å². The summed E-state index contributed by atoms with van der Waals surface area (Å²) in [4.78, 5) is 22.5. The largest absolute Gasteiger partial charge is 0.401 e. The third-order valence-electron chi connectivity index (χ3n) is 19.6. The monoisotopic (exact) mass is 2360 g/mol. The van der Waals surface area contributed by atoms with Crippen LogP contribution >= 0.6 is 0 Å². The van der Waals surface area contributed by atoms with E-state index < -0.39 is 0 Å². The Morgan fingerprint density at radius 1 is 0.257 bits per heavy atom. The molecule has 20 rings (SSSR count). The maximum atomic E-state index is 13.9. The summed E-state index contributed by atoms with van der Waals surface area (Å²) >= 11 is 0. The van der Waals surface area contributed by atoms with Gasteiger partial charge in [-0.2, -0.15) is 0 Å². The quantitative estimate of drug-likeness (QED) is 0.132. The van der Waals surface area contributed by atoms with Crippen molar-refractivity contribution in [1.82, 2.24) is 24.9 Å². The van der Waals surface area contributed by atoms with Gasteiger partial charge in [0.25, 0.3) is 0 Å². The van der Waals surface area contributed by atoms with Gasteiger partial charge >= 0.3 is 0 Å². The van der Waals surface area contributed by atoms with Gasteiger partial charge in [-0.1, -0.05) is 214 Å². The molecule has 563 valence electrons. The maximum absolute atomic E-state index is 13.9. The van der Waals surface area contributed by atoms with Gasteiger partial charge in [0.15, 0.2) is 0 Å². The maximum Gasteiger partial charge on any atom is 0.0448 e. The smallest absolute Gasteiger partial charge is 0.0448 e. The average molecular weight is 2360 g/mol. The number of pyridine rings is 5. The number of aliphatic hydroxyl groups excluding tert-OH is 1. The molecule has 0 aliphatic heterocycles. The molecule has 0 saturated heterocycles. The number of aliphatic hydroxyl groups is 1. The predicted octanol–water partition coefficient (Wildman–Crippen LogP) is 25.1. The fourth-order valence-corrected chi connectivity index (χ4v) is 14.1. The van der Waals surface area contributed by atoms with E-state index in [4.69, 9.17) is 5.11 Å². The molecule has 0 unspecified atom stereocenters. The van der Waals surface area contributed by atoms with E-state index in [2.05, 4.69) is 226 Å². The molecule has 0 spiro atoms. The summed E-state index contributed by atoms with van der Waals surface area (Å²) in [5, 5.41) is 32.6. The first-order valence-electron chi connectivity index (χ1n) is 35.5. The van der Waals surface area contributed by atoms with E-state index >= 15 is 0 Å². The van der Waals surface area contributed by atoms with Gasteiger partial charge in [-0.25, -0.2) is 4.39 Å². The molecule has 0 saturated carbocycles. The van der Waals surface area contributed by atoms with Gasteiger partial charge in [-0.15, -0.1) is 148 Å². The van der Waals surface area contributed by atoms with Crippen LogP contribution in [0.2, 0.25) is 0 Å². The second kappa shape index (κ2) is 38.0. The molecule has 15 aromatic carbocycles. The number of fused-ring (bicyclic) bond motifs is 15. The Labute approximate surface area is 720 Å². The summed E-state index contributed by atoms with van der Waals surface area (Å²) in [5.41, 5.74) is 11.9. The van der Waals surface area contributed by atoms with Crippen molar-refractivity contribution >= 4 is 108 Å². The van der Waals surface area contributed by atoms with Crippen LogP contribution in [0.25, 0.3) is 164 Å². The SMILES string of the molecule is Cc1c[c-]c(-c2nccc3c2ccc2ccccc23)cc1.Cc1c[c-]c(-c2nccc3c2ccc2ccccc23)cc1F.Cc1cc(-c2nccc3c2ccc2ccccc23)[c-]cc1F.Fc1c[c-]c(-c2nccc3c2ccc2ccccc23)cc1.OCc1c[c-]c(-c2nccc3c2ccc2ccccc23)cc1.[Ir].[Ir].[Ir].[Ir].[Ir]. The van der Waals surface area contributed by atoms with Crippen molar-refractivity contribution < 1.29 is 119 Å². The molecule has 113 heavy (non-hydrogen) atoms. The first-order chi connectivity index (χ1) is 53.0. The number of hydrogen-bond acceptors (Lipinski definition) is 6. The van der Waals surface area contributed by atoms with E-state index in [1.54, 1.807) is 50.6 Å². The van der Waals surface area contributed by atoms with Crippen LogP contribution in [-0.2, 0) is 107 Å². The van der Waals surface area contributed by atoms with Crippen LogP contribution < -0.4 is 0 Å². The minimum atomic E-state index is -0.288. The summed E-state index contributed by atoms with van der Waals surface area (Å²) < 4.78 is 40.4. The molecule has 0 atom stereocenters. The Kier molecular flexibility index (Phi) is 28.1. The number of aryl methyl sites for hydroxylation is 3. The Morgan fingerprint density at radius 2 is 0.566 bits per heavy atom. The summed E-state index contributed by atoms with van der Waals surface area (Å²) in [7, 11) is 0. The van der Waals surface area contributed by atoms with Gasteiger partial charge in [0.2, 0.25) is 0 Å². The van der Waals surface area contributed by atoms with E-state index in [-0.39, 0.29) is 125 Å². The Bertz CT molecular complexity index is 6450. The number of nitrogens with zero attached hydrogens (tertiary/aromatic N) is 5. The molecule has 0 aliphatic carbocycles. The van der Waals surface area contributed by atoms with Crippen LogP contribution in [0.5, 0.6) is 0 Å². The fraction of sp³-hybridized carbons (Fsp3) is 0.0404. The molecular weight excluding hydrogens is 2290 g/mol. The molecule has 5 aromatic heterocycles. The number of aromatic nitrogens is 5. The van der Waals surface area contributed by atoms with Crippen molar-refractivity contribution in [3.63, 3.8) is 0 Å². The zero-order chi connectivity index (χ0) is 73.6. The third kappa shape index (κ3) is 17.9. The molecule has 14 heteroatoms. The minimum absolute atomic E-state index is 0. The van der Waals surface area contributed by atoms with Crippen molar-refractivity contribution in [3.8, 4) is 56.3 Å². The van der Waals surface area contributed by atoms with Crippen LogP contribution in [-0.4, -0.2) is 30.0 Å². The predicted molar refractivity (Wildman–Crippen MR) is 438 cm³/mol. The third-order valence-corrected chi connectivity index (χ3v) is 19.6. The van der Waals surface area contributed by atoms with Crippen LogP contribution in [0.3, 0.4) is 0 Å². The van der Waals surface area contributed by atoms with Crippen LogP contribution in [0.15, 0.2) is 322 Å². The molecule has 0 amide bonds. The molecule has 0 fully saturated rings. The molecule has 5 heterocycles. The second-order valence-corrected chi connectivity index (χ2v) is 26.4. The zero-order valence-electron chi connectivity index (χ0n) is 60.8. The van der Waals surface area contributed by atoms with Gasteiger partial charge < -0.3 is 30.0 Å². The summed E-state index contributed by atoms with van der Waals surface area (Å²) in [6.07, 6.45) is 9.10. The normalized spacial score (nSPS) is 10.6. The molecule has 1 N–H and O–H groups in total. The Balaban J connectivity index is 0.000000138. The van der Waals surface area contributed by atoms with Gasteiger partial charge in [0.1, 0.15) is 0 Å². The molecule has 6 nitrogen and oxygen atoms in total. The first-order valence-corrected chi connectivity index (χ1v) is 35.5. The second-order valence-electron chi connectivity index (χ2n) is 26.4. The van der Waals surface area contributed by atoms with Crippen LogP contribution in [0.4, 0.5) is 13.2 Å². The molecular formula is C99H65F3Ir5N5O-5. The molecule has 0 bridgehead atoms. The summed E-state index contributed by atoms with van der Waals surface area (Å²) in [6.45, 7) is 5.60. The van der Waals surface area contributed by atoms with Gasteiger partial charge in [0, 0.05) is 156 Å². The minimum Gasteiger partial charge on any atom is -0.401 e. The summed E-state index contributed by atoms with van der Waals surface area (Å²) in [6, 6.07) is 111. The number of benzene rings is 15. The van der Waals surface area contributed by atoms with E-state index in [1.165, 1.54) is 99.8 Å². The standard InChI is InChI=1S/2C20H13FN.C20H14NO.C20H14N.C19H11FN.5Ir/c1-13-12-15(7-9-19(13)21)20-18-8-6-14-4-2-3-5-16(14)17(18)10-11-22-20;1-13-6-7-15(12-19(13)21)20-18-9-8-14-4-2-3-5-16(14)17(18)10-11-22-20;22-13-14-5-7-16(8-6-14)20-19-10-9-15-3-1-2-4-17(15)18(19)11-12-21-20;1-14-6-8-16(9-7-14)20-19-11-10-15-4-2-3-5-17(15)18(19)12-13-21-20;20-15-8-5-14(6-9-15)19-18-10-7-13-3-1-2-4-16(13)17(18)11-12-21-19;;;;;/h2*2-6,8-12H,1H3;1-7,9-12,22H,13H2;2-8,10-13H,1H3;1-5,7-12H;;;;;/q5*-1;;;;;. The zero-order valence-corrected chi connectivity index (χ0v) is 72.8. The van der Waals surface area contributed by atoms with Gasteiger partial charge in [0.05, 0.1) is 0 Å². The van der Waals surface area contributed by atoms with Gasteiger partial charge in [-0.3, -0.25) is 8.78 Å². The van der Waals surface area contributed by atoms with Crippen molar-refractivity contribution in [2.24, 2.45) is 0 Å². The van der Waals surface area contributed by atoms with E-state index in [9.17, 15) is 13.2 Å². The van der Waals surface area contributed by atoms with E-state index in [1.807, 2.05) is 97.3 Å². The Morgan fingerprint density at radius 3 is 0.876 bits per heavy atom. The number of rotatable bonds is 6. The van der Waals surface area contributed by atoms with Crippen molar-refractivity contribution in [3.05, 3.63) is 392 Å². The van der Waals surface area contributed by atoms with Crippen molar-refractivity contribution in [2.45, 2.75) is 27.4 Å². The fourth-order valence-electron chi connectivity index (χ4n) is 14.1. The van der Waals surface area contributed by atoms with Crippen LogP contribution in [0.1, 0.15) is 22.3 Å². The van der Waals surface area contributed by atoms with Crippen molar-refractivity contribution in [1.29, 1.82) is 0 Å². The molecule has 0 aliphatic rings. The van der Waals surface area contributed by atoms with Crippen molar-refractivity contribution in [2.75, 3.05) is 0 Å². The molecule has 20 aromatic rings. The van der Waals surface area contributed by atoms with Gasteiger partial charge in [-0.05, 0) is 167 Å². The summed E-state index contributed by atoms with van der Waals surface area (Å²) in [5.74, 6) is -0.757. The number of hydrogen-bond donors (Lipinski definition) is 1. The van der Waals surface area contributed by atoms with Crippen LogP contribution in [0, 0.1) is 68.6 Å². The topological polar surface area (TPSA) is 84.7 Å². The number of halogens is 3. The molecule has 5 radical (unpaired) electrons. The average Bonchev–Trinajstić information content (AvgIpc) is 0.857.